The second-order valence-electron chi connectivity index (χ2n) is 5.27. The summed E-state index contributed by atoms with van der Waals surface area (Å²) in [7, 11) is 1.67. The largest absolute Gasteiger partial charge is 0.383 e. The van der Waals surface area contributed by atoms with E-state index in [2.05, 4.69) is 24.5 Å². The van der Waals surface area contributed by atoms with Crippen LogP contribution in [0.25, 0.3) is 0 Å². The summed E-state index contributed by atoms with van der Waals surface area (Å²) in [6, 6.07) is 0.134. The minimum Gasteiger partial charge on any atom is -0.383 e. The van der Waals surface area contributed by atoms with Gasteiger partial charge in [0.2, 0.25) is 5.91 Å². The van der Waals surface area contributed by atoms with Crippen LogP contribution in [-0.2, 0) is 9.53 Å². The van der Waals surface area contributed by atoms with E-state index in [1.54, 1.807) is 7.11 Å². The molecule has 0 saturated carbocycles. The molecule has 0 aromatic carbocycles. The Morgan fingerprint density at radius 1 is 1.53 bits per heavy atom. The van der Waals surface area contributed by atoms with Crippen molar-refractivity contribution in [2.45, 2.75) is 39.2 Å². The van der Waals surface area contributed by atoms with E-state index in [4.69, 9.17) is 4.74 Å². The van der Waals surface area contributed by atoms with Crippen LogP contribution in [0.15, 0.2) is 0 Å². The fourth-order valence-corrected chi connectivity index (χ4v) is 2.16. The predicted octanol–water partition coefficient (Wildman–Crippen LogP) is 1.16. The summed E-state index contributed by atoms with van der Waals surface area (Å²) in [5, 5.41) is 6.38. The van der Waals surface area contributed by atoms with Crippen LogP contribution in [-0.4, -0.2) is 38.8 Å². The van der Waals surface area contributed by atoms with Crippen LogP contribution >= 0.6 is 0 Å². The highest BCUT2D eigenvalue weighted by atomic mass is 16.5. The lowest BCUT2D eigenvalue weighted by Crippen LogP contribution is -2.41. The number of carbonyl (C=O) groups excluding carboxylic acids is 1. The third kappa shape index (κ3) is 5.50. The van der Waals surface area contributed by atoms with Gasteiger partial charge in [-0.15, -0.1) is 0 Å². The first-order valence-corrected chi connectivity index (χ1v) is 6.62. The highest BCUT2D eigenvalue weighted by Gasteiger charge is 2.18. The zero-order valence-electron chi connectivity index (χ0n) is 11.3. The molecule has 0 aromatic rings. The molecule has 4 nitrogen and oxygen atoms in total. The molecule has 100 valence electrons. The van der Waals surface area contributed by atoms with Gasteiger partial charge in [-0.1, -0.05) is 13.8 Å². The van der Waals surface area contributed by atoms with Crippen LogP contribution in [0, 0.1) is 11.8 Å². The van der Waals surface area contributed by atoms with Crippen molar-refractivity contribution >= 4 is 5.91 Å². The summed E-state index contributed by atoms with van der Waals surface area (Å²) < 4.78 is 5.12. The maximum absolute atomic E-state index is 11.8. The minimum atomic E-state index is 0.134. The third-order valence-electron chi connectivity index (χ3n) is 3.44. The Hall–Kier alpha value is -0.610. The Kier molecular flexibility index (Phi) is 6.52. The maximum Gasteiger partial charge on any atom is 0.220 e. The number of hydrogen-bond donors (Lipinski definition) is 2. The fraction of sp³-hybridized carbons (Fsp3) is 0.923. The topological polar surface area (TPSA) is 50.4 Å². The third-order valence-corrected chi connectivity index (χ3v) is 3.44. The first-order valence-electron chi connectivity index (χ1n) is 6.62. The first-order chi connectivity index (χ1) is 8.13. The van der Waals surface area contributed by atoms with Crippen molar-refractivity contribution in [1.29, 1.82) is 0 Å². The second kappa shape index (κ2) is 7.67. The van der Waals surface area contributed by atoms with Gasteiger partial charge in [0, 0.05) is 13.5 Å². The van der Waals surface area contributed by atoms with E-state index in [-0.39, 0.29) is 11.9 Å². The highest BCUT2D eigenvalue weighted by molar-refractivity contribution is 5.76. The molecule has 1 aliphatic rings. The van der Waals surface area contributed by atoms with Crippen molar-refractivity contribution in [3.05, 3.63) is 0 Å². The normalized spacial score (nSPS) is 21.8. The quantitative estimate of drug-likeness (QED) is 0.704. The fourth-order valence-electron chi connectivity index (χ4n) is 2.16. The van der Waals surface area contributed by atoms with Crippen LogP contribution in [0.2, 0.25) is 0 Å². The molecular formula is C13H26N2O2. The average molecular weight is 242 g/mol. The highest BCUT2D eigenvalue weighted by Crippen LogP contribution is 2.14. The Bertz CT molecular complexity index is 225. The van der Waals surface area contributed by atoms with Gasteiger partial charge in [0.25, 0.3) is 0 Å². The molecule has 1 fully saturated rings. The summed E-state index contributed by atoms with van der Waals surface area (Å²) in [5.74, 6) is 1.25. The van der Waals surface area contributed by atoms with Gasteiger partial charge in [-0.2, -0.15) is 0 Å². The van der Waals surface area contributed by atoms with Gasteiger partial charge in [-0.3, -0.25) is 4.79 Å². The Morgan fingerprint density at radius 3 is 2.82 bits per heavy atom. The van der Waals surface area contributed by atoms with Crippen LogP contribution in [0.3, 0.4) is 0 Å². The van der Waals surface area contributed by atoms with Crippen LogP contribution in [0.5, 0.6) is 0 Å². The van der Waals surface area contributed by atoms with E-state index < -0.39 is 0 Å². The molecule has 2 atom stereocenters. The monoisotopic (exact) mass is 242 g/mol. The van der Waals surface area contributed by atoms with Gasteiger partial charge in [-0.05, 0) is 37.8 Å². The van der Waals surface area contributed by atoms with Gasteiger partial charge in [-0.25, -0.2) is 0 Å². The number of rotatable bonds is 7. The molecule has 0 radical (unpaired) electrons. The van der Waals surface area contributed by atoms with Crippen LogP contribution < -0.4 is 10.6 Å². The number of methoxy groups -OCH3 is 1. The summed E-state index contributed by atoms with van der Waals surface area (Å²) >= 11 is 0. The summed E-state index contributed by atoms with van der Waals surface area (Å²) in [5.41, 5.74) is 0. The summed E-state index contributed by atoms with van der Waals surface area (Å²) in [6.45, 7) is 6.97. The SMILES string of the molecule is COCC(NC(=O)CCC1CCNC1)C(C)C. The Morgan fingerprint density at radius 2 is 2.29 bits per heavy atom. The number of amides is 1. The van der Waals surface area contributed by atoms with E-state index in [1.807, 2.05) is 0 Å². The number of hydrogen-bond acceptors (Lipinski definition) is 3. The van der Waals surface area contributed by atoms with E-state index >= 15 is 0 Å². The molecule has 4 heteroatoms. The average Bonchev–Trinajstić information content (AvgIpc) is 2.78. The van der Waals surface area contributed by atoms with Crippen LogP contribution in [0.4, 0.5) is 0 Å². The number of carbonyl (C=O) groups is 1. The first kappa shape index (κ1) is 14.5. The predicted molar refractivity (Wildman–Crippen MR) is 68.9 cm³/mol. The lowest BCUT2D eigenvalue weighted by atomic mass is 10.0. The minimum absolute atomic E-state index is 0.134. The summed E-state index contributed by atoms with van der Waals surface area (Å²) in [6.07, 6.45) is 2.84. The van der Waals surface area contributed by atoms with E-state index in [0.717, 1.165) is 19.5 Å². The Balaban J connectivity index is 2.21. The van der Waals surface area contributed by atoms with Crippen molar-refractivity contribution in [2.75, 3.05) is 26.8 Å². The molecule has 1 saturated heterocycles. The second-order valence-corrected chi connectivity index (χ2v) is 5.27. The molecular weight excluding hydrogens is 216 g/mol. The van der Waals surface area contributed by atoms with Crippen molar-refractivity contribution in [1.82, 2.24) is 10.6 Å². The molecule has 0 aromatic heterocycles. The van der Waals surface area contributed by atoms with Gasteiger partial charge in [0.15, 0.2) is 0 Å². The zero-order valence-corrected chi connectivity index (χ0v) is 11.3. The van der Waals surface area contributed by atoms with E-state index in [1.165, 1.54) is 6.42 Å². The van der Waals surface area contributed by atoms with Crippen molar-refractivity contribution in [3.63, 3.8) is 0 Å². The molecule has 17 heavy (non-hydrogen) atoms. The lowest BCUT2D eigenvalue weighted by Gasteiger charge is -2.21. The molecule has 1 rings (SSSR count). The molecule has 2 unspecified atom stereocenters. The van der Waals surface area contributed by atoms with E-state index in [9.17, 15) is 4.79 Å². The van der Waals surface area contributed by atoms with Gasteiger partial charge in [0.1, 0.15) is 0 Å². The van der Waals surface area contributed by atoms with Crippen molar-refractivity contribution < 1.29 is 9.53 Å². The molecule has 1 aliphatic heterocycles. The number of nitrogens with one attached hydrogen (secondary N) is 2. The smallest absolute Gasteiger partial charge is 0.220 e. The van der Waals surface area contributed by atoms with Crippen molar-refractivity contribution in [2.24, 2.45) is 11.8 Å². The molecule has 2 N–H and O–H groups in total. The zero-order chi connectivity index (χ0) is 12.7. The summed E-state index contributed by atoms with van der Waals surface area (Å²) in [4.78, 5) is 11.8. The molecule has 0 bridgehead atoms. The molecule has 0 aliphatic carbocycles. The standard InChI is InChI=1S/C13H26N2O2/c1-10(2)12(9-17-3)15-13(16)5-4-11-6-7-14-8-11/h10-12,14H,4-9H2,1-3H3,(H,15,16). The number of ether oxygens (including phenoxy) is 1. The molecule has 1 heterocycles. The van der Waals surface area contributed by atoms with Crippen molar-refractivity contribution in [3.8, 4) is 0 Å². The van der Waals surface area contributed by atoms with Gasteiger partial charge in [0.05, 0.1) is 12.6 Å². The Labute approximate surface area is 104 Å². The van der Waals surface area contributed by atoms with Gasteiger partial charge >= 0.3 is 0 Å². The van der Waals surface area contributed by atoms with E-state index in [0.29, 0.717) is 24.9 Å². The maximum atomic E-state index is 11.8. The van der Waals surface area contributed by atoms with Crippen LogP contribution in [0.1, 0.15) is 33.1 Å². The lowest BCUT2D eigenvalue weighted by molar-refractivity contribution is -0.122. The molecule has 1 amide bonds. The van der Waals surface area contributed by atoms with Gasteiger partial charge < -0.3 is 15.4 Å². The molecule has 0 spiro atoms.